The van der Waals surface area contributed by atoms with Gasteiger partial charge < -0.3 is 20.0 Å². The summed E-state index contributed by atoms with van der Waals surface area (Å²) >= 11 is 0. The first-order valence-electron chi connectivity index (χ1n) is 12.7. The molecule has 0 radical (unpaired) electrons. The van der Waals surface area contributed by atoms with Crippen molar-refractivity contribution < 1.29 is 32.2 Å². The van der Waals surface area contributed by atoms with E-state index < -0.39 is 27.6 Å². The third-order valence-corrected chi connectivity index (χ3v) is 7.57. The Hall–Kier alpha value is -3.34. The summed E-state index contributed by atoms with van der Waals surface area (Å²) in [6, 6.07) is 14.7. The number of nitrogens with zero attached hydrogens (tertiary/aromatic N) is 2. The zero-order valence-electron chi connectivity index (χ0n) is 22.3. The quantitative estimate of drug-likeness (QED) is 0.463. The van der Waals surface area contributed by atoms with Crippen molar-refractivity contribution in [3.05, 3.63) is 83.4 Å². The van der Waals surface area contributed by atoms with E-state index in [1.165, 1.54) is 30.3 Å². The fourth-order valence-corrected chi connectivity index (χ4v) is 5.00. The van der Waals surface area contributed by atoms with Crippen LogP contribution in [0.15, 0.2) is 65.6 Å². The van der Waals surface area contributed by atoms with Crippen molar-refractivity contribution in [3.8, 4) is 11.1 Å². The van der Waals surface area contributed by atoms with Gasteiger partial charge in [0.15, 0.2) is 9.84 Å². The fourth-order valence-electron chi connectivity index (χ4n) is 4.36. The molecule has 0 spiro atoms. The maximum absolute atomic E-state index is 14.8. The van der Waals surface area contributed by atoms with Gasteiger partial charge in [-0.05, 0) is 66.4 Å². The highest BCUT2D eigenvalue weighted by atomic mass is 32.2. The molecule has 1 amide bonds. The lowest BCUT2D eigenvalue weighted by molar-refractivity contribution is 0.0747. The third-order valence-electron chi connectivity index (χ3n) is 6.46. The normalized spacial score (nSPS) is 14.4. The number of benzene rings is 3. The van der Waals surface area contributed by atoms with Crippen LogP contribution in [0.4, 0.5) is 14.5 Å². The highest BCUT2D eigenvalue weighted by Gasteiger charge is 2.27. The van der Waals surface area contributed by atoms with E-state index in [0.717, 1.165) is 6.26 Å². The lowest BCUT2D eigenvalue weighted by atomic mass is 9.98. The van der Waals surface area contributed by atoms with Crippen LogP contribution in [0.3, 0.4) is 0 Å². The Bertz CT molecular complexity index is 1390. The Labute approximate surface area is 228 Å². The molecule has 10 heteroatoms. The SMILES string of the molecule is CCC(O)c1ccc(N2CCN(C(=O)c3cc(S(C)(=O)=O)ccc3-c3ccc(F)cc3)CC2)c(F)c1.CCO. The molecule has 1 heterocycles. The van der Waals surface area contributed by atoms with Gasteiger partial charge in [-0.15, -0.1) is 0 Å². The lowest BCUT2D eigenvalue weighted by Gasteiger charge is -2.36. The molecule has 0 saturated carbocycles. The Kier molecular flexibility index (Phi) is 10.2. The summed E-state index contributed by atoms with van der Waals surface area (Å²) in [7, 11) is -3.56. The number of carbonyl (C=O) groups is 1. The molecular weight excluding hydrogens is 526 g/mol. The minimum absolute atomic E-state index is 0.0202. The summed E-state index contributed by atoms with van der Waals surface area (Å²) < 4.78 is 52.5. The van der Waals surface area contributed by atoms with Crippen LogP contribution in [-0.2, 0) is 9.84 Å². The Morgan fingerprint density at radius 3 is 2.10 bits per heavy atom. The number of sulfone groups is 1. The van der Waals surface area contributed by atoms with E-state index in [-0.39, 0.29) is 23.0 Å². The second-order valence-corrected chi connectivity index (χ2v) is 11.2. The van der Waals surface area contributed by atoms with Crippen LogP contribution in [0, 0.1) is 11.6 Å². The smallest absolute Gasteiger partial charge is 0.254 e. The number of aliphatic hydroxyl groups excluding tert-OH is 2. The van der Waals surface area contributed by atoms with Gasteiger partial charge in [0.2, 0.25) is 0 Å². The predicted molar refractivity (Wildman–Crippen MR) is 147 cm³/mol. The molecule has 0 aromatic heterocycles. The second-order valence-electron chi connectivity index (χ2n) is 9.22. The molecule has 0 bridgehead atoms. The van der Waals surface area contributed by atoms with Crippen molar-refractivity contribution in [2.45, 2.75) is 31.3 Å². The van der Waals surface area contributed by atoms with E-state index in [1.807, 2.05) is 11.8 Å². The molecule has 1 aliphatic rings. The summed E-state index contributed by atoms with van der Waals surface area (Å²) in [6.45, 7) is 5.14. The maximum atomic E-state index is 14.8. The van der Waals surface area contributed by atoms with Gasteiger partial charge in [0.05, 0.1) is 16.7 Å². The third kappa shape index (κ3) is 7.40. The first kappa shape index (κ1) is 30.2. The van der Waals surface area contributed by atoms with Crippen molar-refractivity contribution in [1.82, 2.24) is 4.90 Å². The van der Waals surface area contributed by atoms with Gasteiger partial charge in [-0.25, -0.2) is 17.2 Å². The molecule has 3 aromatic carbocycles. The number of hydrogen-bond acceptors (Lipinski definition) is 6. The van der Waals surface area contributed by atoms with E-state index in [4.69, 9.17) is 5.11 Å². The first-order chi connectivity index (χ1) is 18.5. The number of hydrogen-bond donors (Lipinski definition) is 2. The molecule has 4 rings (SSSR count). The van der Waals surface area contributed by atoms with Crippen LogP contribution in [0.25, 0.3) is 11.1 Å². The lowest BCUT2D eigenvalue weighted by Crippen LogP contribution is -2.49. The molecule has 0 aliphatic carbocycles. The number of carbonyl (C=O) groups excluding carboxylic acids is 1. The van der Waals surface area contributed by atoms with Crippen molar-refractivity contribution in [3.63, 3.8) is 0 Å². The van der Waals surface area contributed by atoms with Crippen LogP contribution < -0.4 is 4.90 Å². The zero-order chi connectivity index (χ0) is 28.7. The number of piperazine rings is 1. The number of halogens is 2. The Morgan fingerprint density at radius 1 is 0.949 bits per heavy atom. The molecule has 1 unspecified atom stereocenters. The largest absolute Gasteiger partial charge is 0.397 e. The van der Waals surface area contributed by atoms with Gasteiger partial charge in [-0.3, -0.25) is 4.79 Å². The maximum Gasteiger partial charge on any atom is 0.254 e. The molecule has 39 heavy (non-hydrogen) atoms. The predicted octanol–water partition coefficient (Wildman–Crippen LogP) is 4.44. The highest BCUT2D eigenvalue weighted by Crippen LogP contribution is 2.30. The number of anilines is 1. The average Bonchev–Trinajstić information content (AvgIpc) is 2.92. The number of aliphatic hydroxyl groups is 2. The standard InChI is InChI=1S/C27H28F2N2O4S.C2H6O/c1-3-26(32)19-6-11-25(24(29)16-19)30-12-14-31(15-13-30)27(33)23-17-21(36(2,34)35)9-10-22(23)18-4-7-20(28)8-5-18;1-2-3/h4-11,16-17,26,32H,3,12-15H2,1-2H3;3H,2H2,1H3. The minimum atomic E-state index is -3.56. The molecule has 1 fully saturated rings. The summed E-state index contributed by atoms with van der Waals surface area (Å²) in [5.41, 5.74) is 2.23. The first-order valence-corrected chi connectivity index (χ1v) is 14.6. The molecule has 1 atom stereocenters. The van der Waals surface area contributed by atoms with Crippen molar-refractivity contribution >= 4 is 21.4 Å². The zero-order valence-corrected chi connectivity index (χ0v) is 23.1. The van der Waals surface area contributed by atoms with Crippen molar-refractivity contribution in [1.29, 1.82) is 0 Å². The fraction of sp³-hybridized carbons (Fsp3) is 0.345. The minimum Gasteiger partial charge on any atom is -0.397 e. The van der Waals surface area contributed by atoms with E-state index in [0.29, 0.717) is 55.0 Å². The second kappa shape index (κ2) is 13.1. The van der Waals surface area contributed by atoms with Gasteiger partial charge in [-0.1, -0.05) is 31.2 Å². The molecule has 3 aromatic rings. The molecule has 210 valence electrons. The monoisotopic (exact) mass is 560 g/mol. The topological polar surface area (TPSA) is 98.2 Å². The number of rotatable bonds is 6. The summed E-state index contributed by atoms with van der Waals surface area (Å²) in [6.07, 6.45) is 0.840. The van der Waals surface area contributed by atoms with Gasteiger partial charge >= 0.3 is 0 Å². The molecule has 7 nitrogen and oxygen atoms in total. The van der Waals surface area contributed by atoms with E-state index in [2.05, 4.69) is 0 Å². The molecular formula is C29H34F2N2O5S. The van der Waals surface area contributed by atoms with Gasteiger partial charge in [0.1, 0.15) is 11.6 Å². The van der Waals surface area contributed by atoms with Crippen molar-refractivity contribution in [2.75, 3.05) is 43.9 Å². The summed E-state index contributed by atoms with van der Waals surface area (Å²) in [4.78, 5) is 17.0. The number of amides is 1. The van der Waals surface area contributed by atoms with Crippen LogP contribution in [-0.4, -0.2) is 68.5 Å². The van der Waals surface area contributed by atoms with Gasteiger partial charge in [0.25, 0.3) is 5.91 Å². The average molecular weight is 561 g/mol. The van der Waals surface area contributed by atoms with E-state index in [9.17, 15) is 27.1 Å². The highest BCUT2D eigenvalue weighted by molar-refractivity contribution is 7.90. The molecule has 2 N–H and O–H groups in total. The van der Waals surface area contributed by atoms with Crippen LogP contribution >= 0.6 is 0 Å². The Balaban J connectivity index is 0.00000134. The summed E-state index contributed by atoms with van der Waals surface area (Å²) in [5, 5.41) is 17.5. The molecule has 1 aliphatic heterocycles. The Morgan fingerprint density at radius 2 is 1.56 bits per heavy atom. The molecule has 1 saturated heterocycles. The summed E-state index contributed by atoms with van der Waals surface area (Å²) in [5.74, 6) is -1.19. The van der Waals surface area contributed by atoms with Crippen LogP contribution in [0.2, 0.25) is 0 Å². The van der Waals surface area contributed by atoms with Gasteiger partial charge in [0, 0.05) is 44.6 Å². The van der Waals surface area contributed by atoms with E-state index in [1.54, 1.807) is 42.2 Å². The van der Waals surface area contributed by atoms with Crippen molar-refractivity contribution in [2.24, 2.45) is 0 Å². The van der Waals surface area contributed by atoms with E-state index >= 15 is 0 Å². The van der Waals surface area contributed by atoms with Crippen LogP contribution in [0.5, 0.6) is 0 Å². The van der Waals surface area contributed by atoms with Gasteiger partial charge in [-0.2, -0.15) is 0 Å². The van der Waals surface area contributed by atoms with Crippen LogP contribution in [0.1, 0.15) is 42.3 Å².